The summed E-state index contributed by atoms with van der Waals surface area (Å²) in [4.78, 5) is 26.8. The van der Waals surface area contributed by atoms with Gasteiger partial charge < -0.3 is 4.74 Å². The molecule has 0 fully saturated rings. The van der Waals surface area contributed by atoms with E-state index in [4.69, 9.17) is 0 Å². The molecule has 1 atom stereocenters. The van der Waals surface area contributed by atoms with Crippen molar-refractivity contribution >= 4 is 23.8 Å². The lowest BCUT2D eigenvalue weighted by molar-refractivity contribution is -0.119. The van der Waals surface area contributed by atoms with Crippen LogP contribution in [0.15, 0.2) is 29.4 Å². The fraction of sp³-hybridized carbons (Fsp3) is 0.231. The number of thioether (sulfide) groups is 1. The van der Waals surface area contributed by atoms with Crippen molar-refractivity contribution < 1.29 is 18.7 Å². The first-order valence-electron chi connectivity index (χ1n) is 6.24. The molecule has 2 rings (SSSR count). The summed E-state index contributed by atoms with van der Waals surface area (Å²) >= 11 is 1.03. The molecule has 9 heteroatoms. The minimum Gasteiger partial charge on any atom is -0.453 e. The molecule has 116 valence electrons. The number of hydrogen-bond acceptors (Lipinski definition) is 6. The van der Waals surface area contributed by atoms with Crippen LogP contribution in [0.2, 0.25) is 0 Å². The topological polar surface area (TPSA) is 97.0 Å². The molecule has 0 aliphatic rings. The summed E-state index contributed by atoms with van der Waals surface area (Å²) in [6.45, 7) is 1.59. The van der Waals surface area contributed by atoms with E-state index < -0.39 is 23.1 Å². The van der Waals surface area contributed by atoms with Crippen LogP contribution in [0.1, 0.15) is 6.92 Å². The Labute approximate surface area is 129 Å². The number of benzene rings is 1. The van der Waals surface area contributed by atoms with Crippen LogP contribution in [0.4, 0.5) is 9.18 Å². The first-order chi connectivity index (χ1) is 10.5. The maximum atomic E-state index is 13.6. The van der Waals surface area contributed by atoms with Gasteiger partial charge in [0.25, 0.3) is 0 Å². The summed E-state index contributed by atoms with van der Waals surface area (Å²) in [6.07, 6.45) is -0.834. The van der Waals surface area contributed by atoms with E-state index >= 15 is 0 Å². The number of alkyl carbamates (subject to hydrolysis) is 1. The maximum absolute atomic E-state index is 13.6. The molecule has 0 bridgehead atoms. The summed E-state index contributed by atoms with van der Waals surface area (Å²) in [5, 5.41) is 8.23. The SMILES string of the molecule is COC(=O)NC(=O)[C@H](C)Sc1n[nH]c(-c2ccccc2F)n1. The largest absolute Gasteiger partial charge is 0.453 e. The van der Waals surface area contributed by atoms with Gasteiger partial charge in [0.2, 0.25) is 11.1 Å². The van der Waals surface area contributed by atoms with Crippen molar-refractivity contribution in [3.8, 4) is 11.4 Å². The molecule has 0 unspecified atom stereocenters. The lowest BCUT2D eigenvalue weighted by Crippen LogP contribution is -2.35. The molecular formula is C13H13FN4O3S. The number of carbonyl (C=O) groups is 2. The van der Waals surface area contributed by atoms with Crippen LogP contribution in [0, 0.1) is 5.82 Å². The summed E-state index contributed by atoms with van der Waals surface area (Å²) in [5.74, 6) is -0.693. The molecule has 0 aliphatic heterocycles. The molecular weight excluding hydrogens is 311 g/mol. The zero-order valence-electron chi connectivity index (χ0n) is 11.8. The van der Waals surface area contributed by atoms with Crippen molar-refractivity contribution in [3.05, 3.63) is 30.1 Å². The van der Waals surface area contributed by atoms with E-state index in [-0.39, 0.29) is 16.5 Å². The van der Waals surface area contributed by atoms with Gasteiger partial charge in [0, 0.05) is 0 Å². The third-order valence-electron chi connectivity index (χ3n) is 2.66. The Morgan fingerprint density at radius 2 is 2.14 bits per heavy atom. The van der Waals surface area contributed by atoms with E-state index in [9.17, 15) is 14.0 Å². The number of nitrogens with zero attached hydrogens (tertiary/aromatic N) is 2. The van der Waals surface area contributed by atoms with Gasteiger partial charge >= 0.3 is 6.09 Å². The summed E-state index contributed by atoms with van der Waals surface area (Å²) in [6, 6.07) is 6.14. The van der Waals surface area contributed by atoms with Crippen LogP contribution in [0.3, 0.4) is 0 Å². The summed E-state index contributed by atoms with van der Waals surface area (Å²) < 4.78 is 18.0. The molecule has 0 saturated carbocycles. The first kappa shape index (κ1) is 16.0. The third kappa shape index (κ3) is 3.82. The van der Waals surface area contributed by atoms with Gasteiger partial charge in [0.15, 0.2) is 5.82 Å². The van der Waals surface area contributed by atoms with Crippen LogP contribution in [-0.2, 0) is 9.53 Å². The smallest absolute Gasteiger partial charge is 0.413 e. The second kappa shape index (κ2) is 7.03. The Balaban J connectivity index is 2.05. The number of hydrogen-bond donors (Lipinski definition) is 2. The Kier molecular flexibility index (Phi) is 5.10. The molecule has 1 aromatic heterocycles. The highest BCUT2D eigenvalue weighted by Gasteiger charge is 2.20. The highest BCUT2D eigenvalue weighted by molar-refractivity contribution is 8.00. The minimum absolute atomic E-state index is 0.265. The predicted molar refractivity (Wildman–Crippen MR) is 77.6 cm³/mol. The minimum atomic E-state index is -0.834. The fourth-order valence-corrected chi connectivity index (χ4v) is 2.26. The van der Waals surface area contributed by atoms with Crippen molar-refractivity contribution in [2.24, 2.45) is 0 Å². The van der Waals surface area contributed by atoms with E-state index in [0.717, 1.165) is 18.9 Å². The van der Waals surface area contributed by atoms with Gasteiger partial charge in [-0.05, 0) is 19.1 Å². The van der Waals surface area contributed by atoms with Crippen molar-refractivity contribution in [1.82, 2.24) is 20.5 Å². The Bertz CT molecular complexity index is 691. The van der Waals surface area contributed by atoms with Crippen molar-refractivity contribution in [3.63, 3.8) is 0 Å². The zero-order valence-corrected chi connectivity index (χ0v) is 12.6. The molecule has 0 saturated heterocycles. The highest BCUT2D eigenvalue weighted by atomic mass is 32.2. The molecule has 7 nitrogen and oxygen atoms in total. The second-order valence-corrected chi connectivity index (χ2v) is 5.50. The van der Waals surface area contributed by atoms with Crippen LogP contribution >= 0.6 is 11.8 Å². The lowest BCUT2D eigenvalue weighted by atomic mass is 10.2. The number of aromatic amines is 1. The number of ether oxygens (including phenoxy) is 1. The summed E-state index contributed by atoms with van der Waals surface area (Å²) in [7, 11) is 1.16. The predicted octanol–water partition coefficient (Wildman–Crippen LogP) is 1.97. The highest BCUT2D eigenvalue weighted by Crippen LogP contribution is 2.24. The van der Waals surface area contributed by atoms with E-state index in [1.54, 1.807) is 25.1 Å². The van der Waals surface area contributed by atoms with E-state index in [2.05, 4.69) is 25.2 Å². The first-order valence-corrected chi connectivity index (χ1v) is 7.12. The maximum Gasteiger partial charge on any atom is 0.413 e. The molecule has 0 radical (unpaired) electrons. The van der Waals surface area contributed by atoms with Gasteiger partial charge in [0.1, 0.15) is 5.82 Å². The number of amides is 2. The number of H-pyrrole nitrogens is 1. The molecule has 0 spiro atoms. The molecule has 1 heterocycles. The molecule has 1 aromatic carbocycles. The molecule has 2 aromatic rings. The molecule has 2 N–H and O–H groups in total. The number of carbonyl (C=O) groups excluding carboxylic acids is 2. The third-order valence-corrected chi connectivity index (χ3v) is 3.62. The van der Waals surface area contributed by atoms with Crippen molar-refractivity contribution in [2.75, 3.05) is 7.11 Å². The average Bonchev–Trinajstić information content (AvgIpc) is 2.95. The fourth-order valence-electron chi connectivity index (χ4n) is 1.54. The van der Waals surface area contributed by atoms with Gasteiger partial charge in [-0.3, -0.25) is 15.2 Å². The standard InChI is InChI=1S/C13H13FN4O3S/c1-7(11(19)16-13(20)21-2)22-12-15-10(17-18-12)8-5-3-4-6-9(8)14/h3-7H,1-2H3,(H,15,17,18)(H,16,19,20)/t7-/m0/s1. The van der Waals surface area contributed by atoms with Gasteiger partial charge in [-0.15, -0.1) is 5.10 Å². The number of aromatic nitrogens is 3. The number of imide groups is 1. The van der Waals surface area contributed by atoms with Crippen molar-refractivity contribution in [1.29, 1.82) is 0 Å². The second-order valence-electron chi connectivity index (χ2n) is 4.19. The van der Waals surface area contributed by atoms with Gasteiger partial charge in [-0.25, -0.2) is 14.2 Å². The Morgan fingerprint density at radius 3 is 2.82 bits per heavy atom. The van der Waals surface area contributed by atoms with E-state index in [1.165, 1.54) is 6.07 Å². The van der Waals surface area contributed by atoms with Crippen molar-refractivity contribution in [2.45, 2.75) is 17.3 Å². The van der Waals surface area contributed by atoms with Gasteiger partial charge in [0.05, 0.1) is 17.9 Å². The van der Waals surface area contributed by atoms with Crippen LogP contribution in [0.5, 0.6) is 0 Å². The van der Waals surface area contributed by atoms with E-state index in [0.29, 0.717) is 0 Å². The van der Waals surface area contributed by atoms with E-state index in [1.807, 2.05) is 0 Å². The molecule has 2 amide bonds. The van der Waals surface area contributed by atoms with Crippen LogP contribution < -0.4 is 5.32 Å². The molecule has 22 heavy (non-hydrogen) atoms. The lowest BCUT2D eigenvalue weighted by Gasteiger charge is -2.07. The summed E-state index contributed by atoms with van der Waals surface area (Å²) in [5.41, 5.74) is 0.286. The Morgan fingerprint density at radius 1 is 1.41 bits per heavy atom. The van der Waals surface area contributed by atoms with Gasteiger partial charge in [-0.2, -0.15) is 0 Å². The quantitative estimate of drug-likeness (QED) is 0.835. The number of halogens is 1. The monoisotopic (exact) mass is 324 g/mol. The van der Waals surface area contributed by atoms with Gasteiger partial charge in [-0.1, -0.05) is 23.9 Å². The van der Waals surface area contributed by atoms with Crippen LogP contribution in [0.25, 0.3) is 11.4 Å². The number of nitrogens with one attached hydrogen (secondary N) is 2. The zero-order chi connectivity index (χ0) is 16.1. The number of rotatable bonds is 4. The molecule has 0 aliphatic carbocycles. The normalized spacial score (nSPS) is 11.8. The Hall–Kier alpha value is -2.42. The van der Waals surface area contributed by atoms with Crippen LogP contribution in [-0.4, -0.2) is 39.5 Å². The number of methoxy groups -OCH3 is 1. The average molecular weight is 324 g/mol.